The van der Waals surface area contributed by atoms with Crippen LogP contribution in [0, 0.1) is 13.8 Å². The van der Waals surface area contributed by atoms with Crippen molar-refractivity contribution in [1.29, 1.82) is 0 Å². The first kappa shape index (κ1) is 19.0. The highest BCUT2D eigenvalue weighted by Crippen LogP contribution is 2.27. The Balaban J connectivity index is 2.05. The van der Waals surface area contributed by atoms with E-state index < -0.39 is 10.0 Å². The molecule has 0 aromatic heterocycles. The van der Waals surface area contributed by atoms with E-state index >= 15 is 0 Å². The SMILES string of the molecule is COc1ccc(S(=O)(=O)N(Cc2cccc(C)c2)c2ccc(C)cc2)cc1. The molecule has 0 spiro atoms. The van der Waals surface area contributed by atoms with Crippen molar-refractivity contribution in [2.45, 2.75) is 25.3 Å². The van der Waals surface area contributed by atoms with Crippen LogP contribution in [0.15, 0.2) is 77.7 Å². The van der Waals surface area contributed by atoms with Gasteiger partial charge in [-0.15, -0.1) is 0 Å². The number of rotatable bonds is 6. The second-order valence-electron chi connectivity index (χ2n) is 6.51. The monoisotopic (exact) mass is 381 g/mol. The number of hydrogen-bond donors (Lipinski definition) is 0. The van der Waals surface area contributed by atoms with Gasteiger partial charge < -0.3 is 4.74 Å². The lowest BCUT2D eigenvalue weighted by Gasteiger charge is -2.25. The molecule has 0 fully saturated rings. The molecule has 0 saturated heterocycles. The van der Waals surface area contributed by atoms with Crippen LogP contribution < -0.4 is 9.04 Å². The van der Waals surface area contributed by atoms with Gasteiger partial charge in [0, 0.05) is 0 Å². The minimum absolute atomic E-state index is 0.233. The van der Waals surface area contributed by atoms with Crippen molar-refractivity contribution in [3.63, 3.8) is 0 Å². The predicted molar refractivity (Wildman–Crippen MR) is 109 cm³/mol. The van der Waals surface area contributed by atoms with Crippen molar-refractivity contribution >= 4 is 15.7 Å². The van der Waals surface area contributed by atoms with Crippen LogP contribution in [0.1, 0.15) is 16.7 Å². The Morgan fingerprint density at radius 2 is 1.52 bits per heavy atom. The fraction of sp³-hybridized carbons (Fsp3) is 0.182. The average molecular weight is 381 g/mol. The third-order valence-corrected chi connectivity index (χ3v) is 6.17. The van der Waals surface area contributed by atoms with Gasteiger partial charge in [0.2, 0.25) is 0 Å². The number of methoxy groups -OCH3 is 1. The molecule has 0 radical (unpaired) electrons. The number of ether oxygens (including phenoxy) is 1. The molecule has 0 N–H and O–H groups in total. The highest BCUT2D eigenvalue weighted by molar-refractivity contribution is 7.92. The minimum atomic E-state index is -3.73. The van der Waals surface area contributed by atoms with Gasteiger partial charge in [-0.05, 0) is 55.8 Å². The molecular weight excluding hydrogens is 358 g/mol. The van der Waals surface area contributed by atoms with E-state index in [9.17, 15) is 8.42 Å². The van der Waals surface area contributed by atoms with Gasteiger partial charge in [0.1, 0.15) is 5.75 Å². The van der Waals surface area contributed by atoms with Gasteiger partial charge in [-0.25, -0.2) is 8.42 Å². The zero-order chi connectivity index (χ0) is 19.4. The van der Waals surface area contributed by atoms with Gasteiger partial charge in [0.25, 0.3) is 10.0 Å². The van der Waals surface area contributed by atoms with E-state index in [-0.39, 0.29) is 11.4 Å². The average Bonchev–Trinajstić information content (AvgIpc) is 2.67. The van der Waals surface area contributed by atoms with Crippen molar-refractivity contribution in [3.8, 4) is 5.75 Å². The molecule has 0 unspecified atom stereocenters. The van der Waals surface area contributed by atoms with Crippen molar-refractivity contribution < 1.29 is 13.2 Å². The Bertz CT molecular complexity index is 1010. The number of anilines is 1. The topological polar surface area (TPSA) is 46.6 Å². The lowest BCUT2D eigenvalue weighted by molar-refractivity contribution is 0.414. The summed E-state index contributed by atoms with van der Waals surface area (Å²) in [5.74, 6) is 0.620. The number of sulfonamides is 1. The van der Waals surface area contributed by atoms with Gasteiger partial charge in [-0.1, -0.05) is 47.5 Å². The fourth-order valence-corrected chi connectivity index (χ4v) is 4.33. The molecule has 0 aliphatic carbocycles. The van der Waals surface area contributed by atoms with E-state index in [1.165, 1.54) is 4.31 Å². The Morgan fingerprint density at radius 1 is 0.852 bits per heavy atom. The number of benzene rings is 3. The number of nitrogens with zero attached hydrogens (tertiary/aromatic N) is 1. The lowest BCUT2D eigenvalue weighted by Crippen LogP contribution is -2.30. The molecule has 0 heterocycles. The second-order valence-corrected chi connectivity index (χ2v) is 8.37. The summed E-state index contributed by atoms with van der Waals surface area (Å²) in [5, 5.41) is 0. The van der Waals surface area contributed by atoms with Gasteiger partial charge in [0.05, 0.1) is 24.2 Å². The molecule has 3 aromatic rings. The normalized spacial score (nSPS) is 11.2. The maximum Gasteiger partial charge on any atom is 0.264 e. The van der Waals surface area contributed by atoms with E-state index in [1.54, 1.807) is 31.4 Å². The van der Waals surface area contributed by atoms with Crippen molar-refractivity contribution in [2.75, 3.05) is 11.4 Å². The molecule has 140 valence electrons. The molecule has 0 saturated carbocycles. The van der Waals surface area contributed by atoms with Crippen LogP contribution in [0.4, 0.5) is 5.69 Å². The third-order valence-electron chi connectivity index (χ3n) is 4.38. The van der Waals surface area contributed by atoms with E-state index in [0.717, 1.165) is 16.7 Å². The first-order valence-corrected chi connectivity index (χ1v) is 10.1. The Hall–Kier alpha value is -2.79. The van der Waals surface area contributed by atoms with E-state index in [0.29, 0.717) is 11.4 Å². The molecule has 0 bridgehead atoms. The molecule has 3 rings (SSSR count). The van der Waals surface area contributed by atoms with Crippen LogP contribution in [0.5, 0.6) is 5.75 Å². The summed E-state index contributed by atoms with van der Waals surface area (Å²) >= 11 is 0. The van der Waals surface area contributed by atoms with Crippen LogP contribution in [-0.4, -0.2) is 15.5 Å². The number of hydrogen-bond acceptors (Lipinski definition) is 3. The van der Waals surface area contributed by atoms with Crippen LogP contribution in [0.2, 0.25) is 0 Å². The molecule has 0 aliphatic heterocycles. The summed E-state index contributed by atoms with van der Waals surface area (Å²) in [6.45, 7) is 4.24. The first-order chi connectivity index (χ1) is 12.9. The molecule has 0 atom stereocenters. The van der Waals surface area contributed by atoms with E-state index in [1.807, 2.05) is 62.4 Å². The van der Waals surface area contributed by atoms with Gasteiger partial charge in [0.15, 0.2) is 0 Å². The quantitative estimate of drug-likeness (QED) is 0.621. The second kappa shape index (κ2) is 7.84. The Labute approximate surface area is 161 Å². The van der Waals surface area contributed by atoms with Crippen LogP contribution in [0.25, 0.3) is 0 Å². The van der Waals surface area contributed by atoms with Crippen molar-refractivity contribution in [3.05, 3.63) is 89.5 Å². The molecule has 3 aromatic carbocycles. The summed E-state index contributed by atoms with van der Waals surface area (Å²) < 4.78 is 33.4. The molecule has 5 heteroatoms. The first-order valence-electron chi connectivity index (χ1n) is 8.69. The molecular formula is C22H23NO3S. The zero-order valence-corrected chi connectivity index (χ0v) is 16.5. The lowest BCUT2D eigenvalue weighted by atomic mass is 10.1. The van der Waals surface area contributed by atoms with E-state index in [2.05, 4.69) is 0 Å². The maximum absolute atomic E-state index is 13.4. The Kier molecular flexibility index (Phi) is 5.51. The maximum atomic E-state index is 13.4. The fourth-order valence-electron chi connectivity index (χ4n) is 2.88. The molecule has 0 amide bonds. The van der Waals surface area contributed by atoms with Crippen LogP contribution >= 0.6 is 0 Å². The highest BCUT2D eigenvalue weighted by atomic mass is 32.2. The summed E-state index contributed by atoms with van der Waals surface area (Å²) in [7, 11) is -2.17. The zero-order valence-electron chi connectivity index (χ0n) is 15.7. The summed E-state index contributed by atoms with van der Waals surface area (Å²) in [5.41, 5.74) is 3.75. The summed E-state index contributed by atoms with van der Waals surface area (Å²) in [6, 6.07) is 21.9. The van der Waals surface area contributed by atoms with Gasteiger partial charge in [-0.3, -0.25) is 4.31 Å². The van der Waals surface area contributed by atoms with Gasteiger partial charge in [-0.2, -0.15) is 0 Å². The predicted octanol–water partition coefficient (Wildman–Crippen LogP) is 4.71. The minimum Gasteiger partial charge on any atom is -0.497 e. The highest BCUT2D eigenvalue weighted by Gasteiger charge is 2.25. The van der Waals surface area contributed by atoms with Crippen molar-refractivity contribution in [1.82, 2.24) is 0 Å². The van der Waals surface area contributed by atoms with E-state index in [4.69, 9.17) is 4.74 Å². The largest absolute Gasteiger partial charge is 0.497 e. The molecule has 4 nitrogen and oxygen atoms in total. The summed E-state index contributed by atoms with van der Waals surface area (Å²) in [4.78, 5) is 0.233. The standard InChI is InChI=1S/C22H23NO3S/c1-17-7-9-20(10-8-17)23(16-19-6-4-5-18(2)15-19)27(24,25)22-13-11-21(26-3)12-14-22/h4-15H,16H2,1-3H3. The van der Waals surface area contributed by atoms with Crippen molar-refractivity contribution in [2.24, 2.45) is 0 Å². The molecule has 0 aliphatic rings. The smallest absolute Gasteiger partial charge is 0.264 e. The summed E-state index contributed by atoms with van der Waals surface area (Å²) in [6.07, 6.45) is 0. The molecule has 27 heavy (non-hydrogen) atoms. The third kappa shape index (κ3) is 4.31. The van der Waals surface area contributed by atoms with Crippen LogP contribution in [0.3, 0.4) is 0 Å². The van der Waals surface area contributed by atoms with Crippen LogP contribution in [-0.2, 0) is 16.6 Å². The van der Waals surface area contributed by atoms with Gasteiger partial charge >= 0.3 is 0 Å². The Morgan fingerprint density at radius 3 is 2.11 bits per heavy atom. The number of aryl methyl sites for hydroxylation is 2.